The molecule has 0 aromatic heterocycles. The largest absolute Gasteiger partial charge is 0.489 e. The van der Waals surface area contributed by atoms with Crippen molar-refractivity contribution in [2.24, 2.45) is 0 Å². The van der Waals surface area contributed by atoms with E-state index in [2.05, 4.69) is 5.92 Å². The van der Waals surface area contributed by atoms with E-state index in [9.17, 15) is 13.2 Å². The van der Waals surface area contributed by atoms with Gasteiger partial charge in [0.2, 0.25) is 0 Å². The molecule has 3 aromatic carbocycles. The van der Waals surface area contributed by atoms with Gasteiger partial charge < -0.3 is 4.74 Å². The van der Waals surface area contributed by atoms with Crippen LogP contribution in [0.3, 0.4) is 0 Å². The number of benzene rings is 3. The predicted octanol–water partition coefficient (Wildman–Crippen LogP) is 5.93. The van der Waals surface area contributed by atoms with Gasteiger partial charge >= 0.3 is 6.18 Å². The van der Waals surface area contributed by atoms with E-state index < -0.39 is 11.7 Å². The van der Waals surface area contributed by atoms with Gasteiger partial charge in [-0.25, -0.2) is 0 Å². The summed E-state index contributed by atoms with van der Waals surface area (Å²) in [7, 11) is 0. The fourth-order valence-corrected chi connectivity index (χ4v) is 2.53. The summed E-state index contributed by atoms with van der Waals surface area (Å²) >= 11 is 0. The summed E-state index contributed by atoms with van der Waals surface area (Å²) in [6, 6.07) is 20.2. The minimum absolute atomic E-state index is 0.194. The number of hydrogen-bond acceptors (Lipinski definition) is 1. The maximum absolute atomic E-state index is 13.0. The molecule has 0 spiro atoms. The van der Waals surface area contributed by atoms with Crippen molar-refractivity contribution in [3.63, 3.8) is 0 Å². The highest BCUT2D eigenvalue weighted by molar-refractivity contribution is 5.67. The molecular formula is C22H15F3O. The van der Waals surface area contributed by atoms with Crippen molar-refractivity contribution in [2.75, 3.05) is 0 Å². The van der Waals surface area contributed by atoms with Gasteiger partial charge in [-0.15, -0.1) is 6.42 Å². The van der Waals surface area contributed by atoms with E-state index in [0.717, 1.165) is 17.7 Å². The van der Waals surface area contributed by atoms with Gasteiger partial charge in [0.05, 0.1) is 5.56 Å². The Hall–Kier alpha value is -3.19. The smallest absolute Gasteiger partial charge is 0.416 e. The van der Waals surface area contributed by atoms with Gasteiger partial charge in [0.1, 0.15) is 12.4 Å². The van der Waals surface area contributed by atoms with Crippen LogP contribution in [0.25, 0.3) is 11.1 Å². The highest BCUT2D eigenvalue weighted by Gasteiger charge is 2.31. The summed E-state index contributed by atoms with van der Waals surface area (Å²) in [5.74, 6) is 2.92. The molecule has 0 saturated heterocycles. The first-order chi connectivity index (χ1) is 12.5. The minimum atomic E-state index is -4.44. The predicted molar refractivity (Wildman–Crippen MR) is 95.6 cm³/mol. The third-order valence-corrected chi connectivity index (χ3v) is 3.86. The lowest BCUT2D eigenvalue weighted by atomic mass is 9.99. The summed E-state index contributed by atoms with van der Waals surface area (Å²) in [6.07, 6.45) is 0.846. The topological polar surface area (TPSA) is 9.23 Å². The fourth-order valence-electron chi connectivity index (χ4n) is 2.53. The van der Waals surface area contributed by atoms with Crippen LogP contribution in [-0.4, -0.2) is 0 Å². The van der Waals surface area contributed by atoms with Crippen molar-refractivity contribution in [1.82, 2.24) is 0 Å². The average Bonchev–Trinajstić information content (AvgIpc) is 2.66. The highest BCUT2D eigenvalue weighted by atomic mass is 19.4. The Morgan fingerprint density at radius 3 is 2.15 bits per heavy atom. The van der Waals surface area contributed by atoms with Crippen molar-refractivity contribution < 1.29 is 17.9 Å². The third-order valence-electron chi connectivity index (χ3n) is 3.86. The molecule has 0 saturated carbocycles. The lowest BCUT2D eigenvalue weighted by Crippen LogP contribution is -2.05. The van der Waals surface area contributed by atoms with Crippen LogP contribution in [0, 0.1) is 12.3 Å². The standard InChI is InChI=1S/C22H15F3O/c1-2-16-12-19(14-20(13-16)22(23,24)25)18-8-10-21(11-9-18)26-15-17-6-4-3-5-7-17/h1,3-14H,15H2. The second-order valence-corrected chi connectivity index (χ2v) is 5.74. The van der Waals surface area contributed by atoms with E-state index in [1.54, 1.807) is 30.3 Å². The number of terminal acetylenes is 1. The molecule has 0 aliphatic heterocycles. The van der Waals surface area contributed by atoms with Crippen molar-refractivity contribution >= 4 is 0 Å². The van der Waals surface area contributed by atoms with Gasteiger partial charge in [-0.1, -0.05) is 48.4 Å². The number of ether oxygens (including phenoxy) is 1. The molecule has 1 nitrogen and oxygen atoms in total. The van der Waals surface area contributed by atoms with Crippen LogP contribution in [0.4, 0.5) is 13.2 Å². The number of halogens is 3. The Bertz CT molecular complexity index is 920. The van der Waals surface area contributed by atoms with Gasteiger partial charge in [0, 0.05) is 5.56 Å². The Kier molecular flexibility index (Phi) is 4.99. The van der Waals surface area contributed by atoms with E-state index in [1.165, 1.54) is 0 Å². The second kappa shape index (κ2) is 7.37. The molecule has 0 bridgehead atoms. The Labute approximate surface area is 150 Å². The fraction of sp³-hybridized carbons (Fsp3) is 0.0909. The van der Waals surface area contributed by atoms with Crippen molar-refractivity contribution in [3.05, 3.63) is 89.5 Å². The number of alkyl halides is 3. The molecule has 3 rings (SSSR count). The maximum atomic E-state index is 13.0. The Morgan fingerprint density at radius 2 is 1.54 bits per heavy atom. The maximum Gasteiger partial charge on any atom is 0.416 e. The van der Waals surface area contributed by atoms with Crippen molar-refractivity contribution in [1.29, 1.82) is 0 Å². The van der Waals surface area contributed by atoms with Crippen LogP contribution in [0.1, 0.15) is 16.7 Å². The molecule has 0 N–H and O–H groups in total. The van der Waals surface area contributed by atoms with E-state index in [1.807, 2.05) is 30.3 Å². The van der Waals surface area contributed by atoms with Gasteiger partial charge in [-0.05, 0) is 47.0 Å². The zero-order valence-corrected chi connectivity index (χ0v) is 13.8. The molecule has 4 heteroatoms. The third kappa shape index (κ3) is 4.25. The molecule has 0 aliphatic carbocycles. The first kappa shape index (κ1) is 17.6. The Morgan fingerprint density at radius 1 is 0.846 bits per heavy atom. The lowest BCUT2D eigenvalue weighted by Gasteiger charge is -2.11. The highest BCUT2D eigenvalue weighted by Crippen LogP contribution is 2.33. The quantitative estimate of drug-likeness (QED) is 0.529. The molecule has 0 radical (unpaired) electrons. The first-order valence-corrected chi connectivity index (χ1v) is 7.92. The summed E-state index contributed by atoms with van der Waals surface area (Å²) in [5.41, 5.74) is 1.53. The van der Waals surface area contributed by atoms with Crippen molar-refractivity contribution in [2.45, 2.75) is 12.8 Å². The summed E-state index contributed by atoms with van der Waals surface area (Å²) < 4.78 is 44.8. The SMILES string of the molecule is C#Cc1cc(-c2ccc(OCc3ccccc3)cc2)cc(C(F)(F)F)c1. The second-order valence-electron chi connectivity index (χ2n) is 5.74. The van der Waals surface area contributed by atoms with E-state index in [0.29, 0.717) is 23.5 Å². The summed E-state index contributed by atoms with van der Waals surface area (Å²) in [5, 5.41) is 0. The molecule has 3 aromatic rings. The van der Waals surface area contributed by atoms with Gasteiger partial charge in [-0.3, -0.25) is 0 Å². The number of hydrogen-bond donors (Lipinski definition) is 0. The van der Waals surface area contributed by atoms with Crippen LogP contribution in [-0.2, 0) is 12.8 Å². The molecule has 0 atom stereocenters. The zero-order valence-electron chi connectivity index (χ0n) is 13.8. The van der Waals surface area contributed by atoms with Crippen LogP contribution >= 0.6 is 0 Å². The molecule has 130 valence electrons. The minimum Gasteiger partial charge on any atom is -0.489 e. The summed E-state index contributed by atoms with van der Waals surface area (Å²) in [4.78, 5) is 0. The lowest BCUT2D eigenvalue weighted by molar-refractivity contribution is -0.137. The molecule has 0 unspecified atom stereocenters. The number of rotatable bonds is 4. The first-order valence-electron chi connectivity index (χ1n) is 7.92. The average molecular weight is 352 g/mol. The van der Waals surface area contributed by atoms with Crippen LogP contribution in [0.5, 0.6) is 5.75 Å². The van der Waals surface area contributed by atoms with E-state index in [-0.39, 0.29) is 5.56 Å². The van der Waals surface area contributed by atoms with Gasteiger partial charge in [0.25, 0.3) is 0 Å². The van der Waals surface area contributed by atoms with Crippen LogP contribution < -0.4 is 4.74 Å². The van der Waals surface area contributed by atoms with Crippen molar-refractivity contribution in [3.8, 4) is 29.2 Å². The van der Waals surface area contributed by atoms with Gasteiger partial charge in [-0.2, -0.15) is 13.2 Å². The normalized spacial score (nSPS) is 11.0. The Balaban J connectivity index is 1.81. The zero-order chi connectivity index (χ0) is 18.6. The molecule has 0 heterocycles. The molecule has 0 amide bonds. The molecule has 26 heavy (non-hydrogen) atoms. The van der Waals surface area contributed by atoms with Crippen LogP contribution in [0.15, 0.2) is 72.8 Å². The van der Waals surface area contributed by atoms with Gasteiger partial charge in [0.15, 0.2) is 0 Å². The van der Waals surface area contributed by atoms with E-state index in [4.69, 9.17) is 11.2 Å². The molecule has 0 fully saturated rings. The monoisotopic (exact) mass is 352 g/mol. The molecule has 0 aliphatic rings. The molecular weight excluding hydrogens is 337 g/mol. The van der Waals surface area contributed by atoms with E-state index >= 15 is 0 Å². The van der Waals surface area contributed by atoms with Crippen LogP contribution in [0.2, 0.25) is 0 Å². The summed E-state index contributed by atoms with van der Waals surface area (Å²) in [6.45, 7) is 0.422.